The number of carbonyl (C=O) groups is 4. The van der Waals surface area contributed by atoms with E-state index in [-0.39, 0.29) is 22.8 Å². The van der Waals surface area contributed by atoms with Crippen LogP contribution in [0.3, 0.4) is 0 Å². The van der Waals surface area contributed by atoms with Crippen LogP contribution in [0.25, 0.3) is 0 Å². The predicted octanol–water partition coefficient (Wildman–Crippen LogP) is 1.30. The van der Waals surface area contributed by atoms with Crippen molar-refractivity contribution in [2.24, 2.45) is 10.2 Å². The zero-order valence-electron chi connectivity index (χ0n) is 15.9. The topological polar surface area (TPSA) is 183 Å². The van der Waals surface area contributed by atoms with E-state index in [0.29, 0.717) is 0 Å². The molecule has 0 aliphatic heterocycles. The average molecular weight is 414 g/mol. The maximum atomic E-state index is 11.9. The highest BCUT2D eigenvalue weighted by molar-refractivity contribution is 5.97. The molecule has 0 radical (unpaired) electrons. The molecule has 0 unspecified atom stereocenters. The number of nitrogens with one attached hydrogen (secondary N) is 2. The third-order valence-electron chi connectivity index (χ3n) is 3.71. The number of aliphatic carboxylic acids is 2. The van der Waals surface area contributed by atoms with E-state index >= 15 is 0 Å². The Balaban J connectivity index is 1.99. The minimum absolute atomic E-state index is 0.158. The molecule has 2 aromatic heterocycles. The number of azo groups is 1. The minimum atomic E-state index is -1.16. The number of hydrogen-bond acceptors (Lipinski definition) is 8. The highest BCUT2D eigenvalue weighted by atomic mass is 16.4. The molecule has 0 saturated heterocycles. The Morgan fingerprint density at radius 3 is 1.40 bits per heavy atom. The predicted molar refractivity (Wildman–Crippen MR) is 102 cm³/mol. The molecule has 0 fully saturated rings. The Kier molecular flexibility index (Phi) is 7.22. The first-order chi connectivity index (χ1) is 14.2. The van der Waals surface area contributed by atoms with Gasteiger partial charge in [0.2, 0.25) is 0 Å². The van der Waals surface area contributed by atoms with Gasteiger partial charge in [-0.15, -0.1) is 10.2 Å². The summed E-state index contributed by atoms with van der Waals surface area (Å²) in [5.41, 5.74) is 0.317. The first-order valence-corrected chi connectivity index (χ1v) is 8.58. The van der Waals surface area contributed by atoms with Gasteiger partial charge in [-0.3, -0.25) is 19.2 Å². The molecule has 2 rings (SSSR count). The lowest BCUT2D eigenvalue weighted by atomic mass is 10.2. The van der Waals surface area contributed by atoms with Crippen molar-refractivity contribution >= 4 is 35.4 Å². The molecular formula is C18H18N6O6. The summed E-state index contributed by atoms with van der Waals surface area (Å²) in [6.45, 7) is 2.68. The molecule has 2 atom stereocenters. The Hall–Kier alpha value is -4.22. The molecule has 12 heteroatoms. The standard InChI is InChI=1S/C18H18N6O6/c1-9(17(27)28)21-15(25)11-3-5-13(19-7-11)23-24-14-6-4-12(8-20-14)16(26)22-10(2)18(29)30/h3-10H,1-2H3,(H,21,25)(H,22,26)(H,27,28)(H,29,30)/t9-,10-/m0/s1. The molecule has 0 aromatic carbocycles. The first-order valence-electron chi connectivity index (χ1n) is 8.58. The number of aromatic nitrogens is 2. The van der Waals surface area contributed by atoms with Crippen molar-refractivity contribution in [1.29, 1.82) is 0 Å². The number of rotatable bonds is 8. The van der Waals surface area contributed by atoms with Crippen LogP contribution in [0.5, 0.6) is 0 Å². The van der Waals surface area contributed by atoms with Crippen LogP contribution >= 0.6 is 0 Å². The highest BCUT2D eigenvalue weighted by Gasteiger charge is 2.16. The van der Waals surface area contributed by atoms with E-state index in [9.17, 15) is 19.2 Å². The van der Waals surface area contributed by atoms with Crippen molar-refractivity contribution in [2.45, 2.75) is 25.9 Å². The van der Waals surface area contributed by atoms with Crippen molar-refractivity contribution in [3.63, 3.8) is 0 Å². The lowest BCUT2D eigenvalue weighted by Crippen LogP contribution is -2.38. The largest absolute Gasteiger partial charge is 0.480 e. The summed E-state index contributed by atoms with van der Waals surface area (Å²) in [4.78, 5) is 53.2. The van der Waals surface area contributed by atoms with E-state index in [1.807, 2.05) is 0 Å². The molecular weight excluding hydrogens is 396 g/mol. The van der Waals surface area contributed by atoms with Gasteiger partial charge in [0, 0.05) is 12.4 Å². The molecule has 156 valence electrons. The first kappa shape index (κ1) is 22.1. The van der Waals surface area contributed by atoms with Gasteiger partial charge in [0.15, 0.2) is 11.6 Å². The zero-order valence-corrected chi connectivity index (χ0v) is 15.9. The lowest BCUT2D eigenvalue weighted by molar-refractivity contribution is -0.139. The average Bonchev–Trinajstić information content (AvgIpc) is 2.72. The quantitative estimate of drug-likeness (QED) is 0.466. The van der Waals surface area contributed by atoms with Crippen LogP contribution in [-0.2, 0) is 9.59 Å². The van der Waals surface area contributed by atoms with Gasteiger partial charge < -0.3 is 20.8 Å². The van der Waals surface area contributed by atoms with E-state index in [2.05, 4.69) is 30.8 Å². The van der Waals surface area contributed by atoms with Gasteiger partial charge in [-0.2, -0.15) is 0 Å². The van der Waals surface area contributed by atoms with Crippen molar-refractivity contribution in [1.82, 2.24) is 20.6 Å². The van der Waals surface area contributed by atoms with Gasteiger partial charge in [0.05, 0.1) is 11.1 Å². The second-order valence-corrected chi connectivity index (χ2v) is 6.08. The maximum Gasteiger partial charge on any atom is 0.325 e. The molecule has 0 aliphatic carbocycles. The van der Waals surface area contributed by atoms with Crippen molar-refractivity contribution in [2.75, 3.05) is 0 Å². The normalized spacial score (nSPS) is 12.7. The molecule has 2 amide bonds. The Morgan fingerprint density at radius 1 is 0.767 bits per heavy atom. The van der Waals surface area contributed by atoms with E-state index < -0.39 is 35.8 Å². The maximum absolute atomic E-state index is 11.9. The number of nitrogens with zero attached hydrogens (tertiary/aromatic N) is 4. The highest BCUT2D eigenvalue weighted by Crippen LogP contribution is 2.15. The Bertz CT molecular complexity index is 894. The number of pyridine rings is 2. The Labute approximate surface area is 170 Å². The van der Waals surface area contributed by atoms with Gasteiger partial charge in [0.25, 0.3) is 11.8 Å². The molecule has 0 bridgehead atoms. The Morgan fingerprint density at radius 2 is 1.13 bits per heavy atom. The molecule has 0 spiro atoms. The smallest absolute Gasteiger partial charge is 0.325 e. The second kappa shape index (κ2) is 9.82. The van der Waals surface area contributed by atoms with Crippen molar-refractivity contribution in [3.05, 3.63) is 47.8 Å². The summed E-state index contributed by atoms with van der Waals surface area (Å²) in [6.07, 6.45) is 2.45. The molecule has 2 aromatic rings. The number of carboxylic acids is 2. The van der Waals surface area contributed by atoms with Gasteiger partial charge in [-0.25, -0.2) is 9.97 Å². The second-order valence-electron chi connectivity index (χ2n) is 6.08. The fraction of sp³-hybridized carbons (Fsp3) is 0.222. The zero-order chi connectivity index (χ0) is 22.3. The van der Waals surface area contributed by atoms with Crippen LogP contribution < -0.4 is 10.6 Å². The van der Waals surface area contributed by atoms with E-state index in [1.165, 1.54) is 50.5 Å². The molecule has 0 aliphatic rings. The fourth-order valence-electron chi connectivity index (χ4n) is 1.94. The fourth-order valence-corrected chi connectivity index (χ4v) is 1.94. The van der Waals surface area contributed by atoms with Crippen molar-refractivity contribution < 1.29 is 29.4 Å². The summed E-state index contributed by atoms with van der Waals surface area (Å²) >= 11 is 0. The van der Waals surface area contributed by atoms with E-state index in [4.69, 9.17) is 10.2 Å². The van der Waals surface area contributed by atoms with Crippen LogP contribution in [0.1, 0.15) is 34.6 Å². The van der Waals surface area contributed by atoms with Crippen molar-refractivity contribution in [3.8, 4) is 0 Å². The summed E-state index contributed by atoms with van der Waals surface area (Å²) in [7, 11) is 0. The lowest BCUT2D eigenvalue weighted by Gasteiger charge is -2.08. The molecule has 0 saturated carbocycles. The van der Waals surface area contributed by atoms with Crippen LogP contribution in [-0.4, -0.2) is 56.0 Å². The van der Waals surface area contributed by atoms with Crippen LogP contribution in [0, 0.1) is 0 Å². The van der Waals surface area contributed by atoms with Gasteiger partial charge in [-0.05, 0) is 38.1 Å². The van der Waals surface area contributed by atoms with Crippen LogP contribution in [0.2, 0.25) is 0 Å². The number of carbonyl (C=O) groups excluding carboxylic acids is 2. The third kappa shape index (κ3) is 6.15. The number of carboxylic acid groups (broad SMARTS) is 2. The molecule has 30 heavy (non-hydrogen) atoms. The van der Waals surface area contributed by atoms with E-state index in [0.717, 1.165) is 0 Å². The van der Waals surface area contributed by atoms with Gasteiger partial charge in [0.1, 0.15) is 12.1 Å². The molecule has 4 N–H and O–H groups in total. The van der Waals surface area contributed by atoms with Gasteiger partial charge >= 0.3 is 11.9 Å². The number of hydrogen-bond donors (Lipinski definition) is 4. The SMILES string of the molecule is C[C@H](NC(=O)c1ccc(N=Nc2ccc(C(=O)N[C@@H](C)C(=O)O)cn2)nc1)C(=O)O. The summed E-state index contributed by atoms with van der Waals surface area (Å²) in [6, 6.07) is 3.57. The van der Waals surface area contributed by atoms with Crippen LogP contribution in [0.15, 0.2) is 46.9 Å². The molecule has 12 nitrogen and oxygen atoms in total. The number of amides is 2. The summed E-state index contributed by atoms with van der Waals surface area (Å²) in [5.74, 6) is -3.14. The summed E-state index contributed by atoms with van der Waals surface area (Å²) in [5, 5.41) is 29.9. The minimum Gasteiger partial charge on any atom is -0.480 e. The van der Waals surface area contributed by atoms with Gasteiger partial charge in [-0.1, -0.05) is 0 Å². The van der Waals surface area contributed by atoms with Crippen LogP contribution in [0.4, 0.5) is 11.6 Å². The molecule has 2 heterocycles. The summed E-state index contributed by atoms with van der Waals surface area (Å²) < 4.78 is 0. The monoisotopic (exact) mass is 414 g/mol. The third-order valence-corrected chi connectivity index (χ3v) is 3.71. The van der Waals surface area contributed by atoms with E-state index in [1.54, 1.807) is 0 Å².